The van der Waals surface area contributed by atoms with E-state index in [9.17, 15) is 9.59 Å². The number of aromatic nitrogens is 1. The Bertz CT molecular complexity index is 1240. The first kappa shape index (κ1) is 23.5. The molecule has 0 spiro atoms. The molecule has 0 aliphatic rings. The van der Waals surface area contributed by atoms with E-state index in [1.54, 1.807) is 23.5 Å². The molecule has 4 aromatic rings. The van der Waals surface area contributed by atoms with Crippen LogP contribution in [0.2, 0.25) is 5.02 Å². The predicted octanol–water partition coefficient (Wildman–Crippen LogP) is 6.83. The summed E-state index contributed by atoms with van der Waals surface area (Å²) < 4.78 is 0. The second kappa shape index (κ2) is 11.0. The fraction of sp³-hybridized carbons (Fsp3) is 0.125. The molecule has 0 bridgehead atoms. The minimum atomic E-state index is -0.334. The lowest BCUT2D eigenvalue weighted by Crippen LogP contribution is -2.22. The summed E-state index contributed by atoms with van der Waals surface area (Å²) in [4.78, 5) is 31.5. The summed E-state index contributed by atoms with van der Waals surface area (Å²) in [6.45, 7) is 1.85. The molecule has 0 aliphatic heterocycles. The van der Waals surface area contributed by atoms with Gasteiger partial charge in [-0.15, -0.1) is 34.4 Å². The number of thiophene rings is 1. The number of thiazole rings is 1. The second-order valence-corrected chi connectivity index (χ2v) is 10.8. The molecular weight excluding hydrogens is 494 g/mol. The van der Waals surface area contributed by atoms with Crippen LogP contribution in [0.5, 0.6) is 0 Å². The number of benzene rings is 2. The first-order valence-corrected chi connectivity index (χ1v) is 13.1. The van der Waals surface area contributed by atoms with Crippen LogP contribution in [0.1, 0.15) is 12.5 Å². The molecule has 168 valence electrons. The van der Waals surface area contributed by atoms with Crippen molar-refractivity contribution in [1.29, 1.82) is 0 Å². The summed E-state index contributed by atoms with van der Waals surface area (Å²) in [5.74, 6) is -0.236. The monoisotopic (exact) mass is 513 g/mol. The molecule has 2 amide bonds. The molecule has 5 nitrogen and oxygen atoms in total. The third-order valence-corrected chi connectivity index (χ3v) is 7.58. The molecule has 2 aromatic carbocycles. The number of thioether (sulfide) groups is 1. The van der Waals surface area contributed by atoms with Crippen molar-refractivity contribution < 1.29 is 9.59 Å². The highest BCUT2D eigenvalue weighted by Crippen LogP contribution is 2.30. The highest BCUT2D eigenvalue weighted by atomic mass is 35.5. The highest BCUT2D eigenvalue weighted by molar-refractivity contribution is 8.00. The van der Waals surface area contributed by atoms with Crippen molar-refractivity contribution in [2.45, 2.75) is 23.5 Å². The summed E-state index contributed by atoms with van der Waals surface area (Å²) in [6.07, 6.45) is 0.259. The van der Waals surface area contributed by atoms with Crippen LogP contribution < -0.4 is 10.6 Å². The lowest BCUT2D eigenvalue weighted by molar-refractivity contribution is -0.116. The Morgan fingerprint density at radius 2 is 1.88 bits per heavy atom. The summed E-state index contributed by atoms with van der Waals surface area (Å²) in [5, 5.41) is 10.6. The van der Waals surface area contributed by atoms with Crippen molar-refractivity contribution in [3.8, 4) is 10.6 Å². The van der Waals surface area contributed by atoms with Gasteiger partial charge in [-0.2, -0.15) is 0 Å². The Morgan fingerprint density at radius 1 is 1.06 bits per heavy atom. The molecule has 2 heterocycles. The van der Waals surface area contributed by atoms with Crippen molar-refractivity contribution in [2.24, 2.45) is 0 Å². The van der Waals surface area contributed by atoms with Gasteiger partial charge in [-0.25, -0.2) is 4.98 Å². The summed E-state index contributed by atoms with van der Waals surface area (Å²) >= 11 is 10.3. The van der Waals surface area contributed by atoms with Gasteiger partial charge in [0.2, 0.25) is 11.8 Å². The maximum Gasteiger partial charge on any atom is 0.239 e. The van der Waals surface area contributed by atoms with Gasteiger partial charge in [0.05, 0.1) is 22.2 Å². The number of anilines is 2. The highest BCUT2D eigenvalue weighted by Gasteiger charge is 2.17. The minimum Gasteiger partial charge on any atom is -0.326 e. The number of carbonyl (C=O) groups is 2. The molecule has 0 saturated carbocycles. The van der Waals surface area contributed by atoms with Gasteiger partial charge in [0.25, 0.3) is 0 Å². The first-order chi connectivity index (χ1) is 16.0. The van der Waals surface area contributed by atoms with Crippen molar-refractivity contribution in [3.05, 3.63) is 82.0 Å². The first-order valence-electron chi connectivity index (χ1n) is 10.1. The van der Waals surface area contributed by atoms with Crippen LogP contribution in [0, 0.1) is 0 Å². The molecule has 0 saturated heterocycles. The van der Waals surface area contributed by atoms with Gasteiger partial charge >= 0.3 is 0 Å². The topological polar surface area (TPSA) is 71.1 Å². The van der Waals surface area contributed by atoms with Gasteiger partial charge in [0.15, 0.2) is 5.13 Å². The maximum atomic E-state index is 12.7. The van der Waals surface area contributed by atoms with Crippen LogP contribution in [0.3, 0.4) is 0 Å². The van der Waals surface area contributed by atoms with E-state index in [0.717, 1.165) is 21.0 Å². The number of nitrogens with one attached hydrogen (secondary N) is 2. The Kier molecular flexibility index (Phi) is 7.82. The molecule has 0 radical (unpaired) electrons. The number of hydrogen-bond donors (Lipinski definition) is 2. The van der Waals surface area contributed by atoms with E-state index in [0.29, 0.717) is 15.8 Å². The standard InChI is InChI=1S/C24H20ClN3O2S3/c1-15(23(30)28-24-27-20(14-32-24)21-6-3-11-31-21)33-19-5-2-4-18(13-19)26-22(29)12-16-7-9-17(25)10-8-16/h2-11,13-15H,12H2,1H3,(H,26,29)(H,27,28,30). The van der Waals surface area contributed by atoms with Crippen LogP contribution in [0.25, 0.3) is 10.6 Å². The fourth-order valence-electron chi connectivity index (χ4n) is 2.97. The Balaban J connectivity index is 1.32. The predicted molar refractivity (Wildman–Crippen MR) is 140 cm³/mol. The molecule has 33 heavy (non-hydrogen) atoms. The zero-order chi connectivity index (χ0) is 23.2. The van der Waals surface area contributed by atoms with Gasteiger partial charge in [0.1, 0.15) is 0 Å². The maximum absolute atomic E-state index is 12.7. The van der Waals surface area contributed by atoms with Gasteiger partial charge in [-0.05, 0) is 54.3 Å². The van der Waals surface area contributed by atoms with E-state index >= 15 is 0 Å². The number of carbonyl (C=O) groups excluding carboxylic acids is 2. The molecule has 0 fully saturated rings. The number of nitrogens with zero attached hydrogens (tertiary/aromatic N) is 1. The van der Waals surface area contributed by atoms with E-state index < -0.39 is 0 Å². The van der Waals surface area contributed by atoms with Gasteiger partial charge in [0, 0.05) is 21.0 Å². The van der Waals surface area contributed by atoms with Crippen LogP contribution in [-0.4, -0.2) is 22.0 Å². The van der Waals surface area contributed by atoms with Crippen molar-refractivity contribution >= 4 is 68.7 Å². The molecule has 2 N–H and O–H groups in total. The quantitative estimate of drug-likeness (QED) is 0.253. The smallest absolute Gasteiger partial charge is 0.239 e. The fourth-order valence-corrected chi connectivity index (χ4v) is 5.50. The molecule has 1 atom stereocenters. The molecule has 4 rings (SSSR count). The Hall–Kier alpha value is -2.65. The molecule has 0 aliphatic carbocycles. The number of amides is 2. The molecular formula is C24H20ClN3O2S3. The van der Waals surface area contributed by atoms with Crippen molar-refractivity contribution in [1.82, 2.24) is 4.98 Å². The average Bonchev–Trinajstić information content (AvgIpc) is 3.47. The third kappa shape index (κ3) is 6.68. The lowest BCUT2D eigenvalue weighted by Gasteiger charge is -2.12. The number of rotatable bonds is 8. The van der Waals surface area contributed by atoms with Crippen molar-refractivity contribution in [2.75, 3.05) is 10.6 Å². The van der Waals surface area contributed by atoms with Crippen LogP contribution >= 0.6 is 46.0 Å². The van der Waals surface area contributed by atoms with Crippen molar-refractivity contribution in [3.63, 3.8) is 0 Å². The van der Waals surface area contributed by atoms with Crippen LogP contribution in [0.4, 0.5) is 10.8 Å². The SMILES string of the molecule is CC(Sc1cccc(NC(=O)Cc2ccc(Cl)cc2)c1)C(=O)Nc1nc(-c2cccs2)cs1. The summed E-state index contributed by atoms with van der Waals surface area (Å²) in [7, 11) is 0. The van der Waals surface area contributed by atoms with Gasteiger partial charge in [-0.3, -0.25) is 9.59 Å². The van der Waals surface area contributed by atoms with Crippen LogP contribution in [-0.2, 0) is 16.0 Å². The van der Waals surface area contributed by atoms with E-state index in [2.05, 4.69) is 15.6 Å². The van der Waals surface area contributed by atoms with E-state index in [-0.39, 0.29) is 23.5 Å². The van der Waals surface area contributed by atoms with E-state index in [4.69, 9.17) is 11.6 Å². The Morgan fingerprint density at radius 3 is 2.64 bits per heavy atom. The lowest BCUT2D eigenvalue weighted by atomic mass is 10.1. The average molecular weight is 514 g/mol. The zero-order valence-electron chi connectivity index (χ0n) is 17.6. The Labute approximate surface area is 209 Å². The van der Waals surface area contributed by atoms with Gasteiger partial charge < -0.3 is 10.6 Å². The molecule has 2 aromatic heterocycles. The molecule has 1 unspecified atom stereocenters. The largest absolute Gasteiger partial charge is 0.326 e. The zero-order valence-corrected chi connectivity index (χ0v) is 20.8. The third-order valence-electron chi connectivity index (χ3n) is 4.59. The number of halogens is 1. The number of hydrogen-bond acceptors (Lipinski definition) is 6. The minimum absolute atomic E-state index is 0.115. The van der Waals surface area contributed by atoms with Crippen LogP contribution in [0.15, 0.2) is 76.3 Å². The van der Waals surface area contributed by atoms with Gasteiger partial charge in [-0.1, -0.05) is 35.9 Å². The van der Waals surface area contributed by atoms with E-state index in [1.165, 1.54) is 23.1 Å². The molecule has 9 heteroatoms. The van der Waals surface area contributed by atoms with E-state index in [1.807, 2.05) is 66.2 Å². The summed E-state index contributed by atoms with van der Waals surface area (Å²) in [5.41, 5.74) is 2.44. The second-order valence-electron chi connectivity index (χ2n) is 7.14. The normalized spacial score (nSPS) is 11.7. The summed E-state index contributed by atoms with van der Waals surface area (Å²) in [6, 6.07) is 18.7.